The molecule has 22 N–H and O–H groups in total. The van der Waals surface area contributed by atoms with Crippen LogP contribution in [0.25, 0.3) is 0 Å². The molecule has 2 saturated heterocycles. The van der Waals surface area contributed by atoms with Crippen molar-refractivity contribution in [3.8, 4) is 0 Å². The third kappa shape index (κ3) is 27.5. The van der Waals surface area contributed by atoms with E-state index < -0.39 is 169 Å². The molecule has 31 nitrogen and oxygen atoms in total. The van der Waals surface area contributed by atoms with E-state index in [0.717, 1.165) is 0 Å². The minimum Gasteiger partial charge on any atom is -0.370 e. The molecule has 95 heavy (non-hydrogen) atoms. The van der Waals surface area contributed by atoms with Gasteiger partial charge in [-0.2, -0.15) is 11.8 Å². The number of nitrogens with one attached hydrogen (secondary N) is 8. The Morgan fingerprint density at radius 2 is 1.01 bits per heavy atom. The molecule has 32 heteroatoms. The van der Waals surface area contributed by atoms with Gasteiger partial charge in [0.25, 0.3) is 0 Å². The van der Waals surface area contributed by atoms with Crippen molar-refractivity contribution < 1.29 is 62.3 Å². The molecule has 13 amide bonds. The number of amides is 13. The monoisotopic (exact) mass is 1350 g/mol. The Hall–Kier alpha value is -8.91. The highest BCUT2D eigenvalue weighted by Gasteiger charge is 2.42. The van der Waals surface area contributed by atoms with E-state index in [4.69, 9.17) is 40.1 Å². The third-order valence-electron chi connectivity index (χ3n) is 16.0. The zero-order valence-electron chi connectivity index (χ0n) is 54.5. The van der Waals surface area contributed by atoms with Crippen LogP contribution in [0.4, 0.5) is 0 Å². The molecule has 4 rings (SSSR count). The van der Waals surface area contributed by atoms with Gasteiger partial charge in [0.2, 0.25) is 76.8 Å². The number of rotatable bonds is 42. The summed E-state index contributed by atoms with van der Waals surface area (Å²) in [5.41, 5.74) is 40.6. The van der Waals surface area contributed by atoms with Gasteiger partial charge in [-0.15, -0.1) is 0 Å². The highest BCUT2D eigenvalue weighted by atomic mass is 32.2. The summed E-state index contributed by atoms with van der Waals surface area (Å²) in [4.78, 5) is 185. The minimum atomic E-state index is -1.64. The predicted octanol–water partition coefficient (Wildman–Crippen LogP) is -3.71. The van der Waals surface area contributed by atoms with Gasteiger partial charge in [-0.1, -0.05) is 74.5 Å². The first-order valence-electron chi connectivity index (χ1n) is 32.2. The van der Waals surface area contributed by atoms with Crippen molar-refractivity contribution in [1.29, 1.82) is 0 Å². The summed E-state index contributed by atoms with van der Waals surface area (Å²) >= 11 is 1.45. The van der Waals surface area contributed by atoms with Crippen molar-refractivity contribution in [1.82, 2.24) is 52.3 Å². The van der Waals surface area contributed by atoms with Gasteiger partial charge in [0.15, 0.2) is 5.96 Å². The highest BCUT2D eigenvalue weighted by Crippen LogP contribution is 2.24. The topological polar surface area (TPSA) is 519 Å². The number of nitrogens with zero attached hydrogens (tertiary/aromatic N) is 3. The lowest BCUT2D eigenvalue weighted by Crippen LogP contribution is -2.60. The molecule has 10 atom stereocenters. The molecule has 0 aliphatic carbocycles. The van der Waals surface area contributed by atoms with Crippen LogP contribution in [0.2, 0.25) is 0 Å². The molecule has 2 aliphatic heterocycles. The number of primary amides is 3. The standard InChI is InChI=1S/C63H98N18O13S/c1-37(2)33-45(57(89)74-41(53(68)85)27-32-95-3)73-52(84)36-72-54(86)46(34-38-15-6-4-7-16-38)78-58(90)47(35-39-17-8-5-9-18-39)79-56(88)42(23-25-50(66)82)75-55(87)43(24-26-51(67)83)76-59(91)49-22-14-31-81(49)62(94)44(20-10-11-28-64)77-60(92)48-21-13-30-80(48)61(93)40(65)19-12-29-71-63(69)70/h4-9,15-18,37,40-49H,10-14,19-36,64-65H2,1-3H3,(H2,66,82)(H2,67,83)(H2,68,85)(H,72,86)(H,73,84)(H,74,89)(H,75,87)(H,76,91)(H,77,92)(H,78,90)(H,79,88)(H4,69,70,71)/t40-,41-,42+,43+,44+,45-,46+,47-,48+,49+/m0/s1. The quantitative estimate of drug-likeness (QED) is 0.0173. The Morgan fingerprint density at radius 3 is 1.51 bits per heavy atom. The molecule has 2 aromatic rings. The van der Waals surface area contributed by atoms with Gasteiger partial charge in [0.05, 0.1) is 12.6 Å². The van der Waals surface area contributed by atoms with Crippen LogP contribution in [0.3, 0.4) is 0 Å². The SMILES string of the molecule is CSCC[C@H](NC(=O)[C@H](CC(C)C)NC(=O)CNC(=O)[C@@H](Cc1ccccc1)NC(=O)[C@H](Cc1ccccc1)NC(=O)[C@@H](CCC(N)=O)NC(=O)[C@@H](CCC(N)=O)NC(=O)[C@H]1CCCN1C(=O)[C@@H](CCCCN)NC(=O)[C@H]1CCCN1C(=O)[C@@H](N)CCCN=C(N)N)C(N)=O. The number of carbonyl (C=O) groups excluding carboxylic acids is 13. The normalized spacial score (nSPS) is 16.8. The summed E-state index contributed by atoms with van der Waals surface area (Å²) in [6.45, 7) is 3.86. The van der Waals surface area contributed by atoms with E-state index in [0.29, 0.717) is 55.4 Å². The first-order chi connectivity index (χ1) is 45.2. The van der Waals surface area contributed by atoms with E-state index >= 15 is 0 Å². The molecule has 2 heterocycles. The summed E-state index contributed by atoms with van der Waals surface area (Å²) in [6, 6.07) is 4.51. The molecule has 0 aromatic heterocycles. The number of nitrogens with two attached hydrogens (primary N) is 7. The average Bonchev–Trinajstić information content (AvgIpc) is 1.74. The first kappa shape index (κ1) is 78.5. The largest absolute Gasteiger partial charge is 0.370 e. The fourth-order valence-electron chi connectivity index (χ4n) is 11.0. The van der Waals surface area contributed by atoms with Crippen LogP contribution < -0.4 is 82.7 Å². The van der Waals surface area contributed by atoms with Crippen molar-refractivity contribution in [2.45, 2.75) is 183 Å². The summed E-state index contributed by atoms with van der Waals surface area (Å²) < 4.78 is 0. The molecule has 2 fully saturated rings. The summed E-state index contributed by atoms with van der Waals surface area (Å²) in [7, 11) is 0. The molecule has 0 unspecified atom stereocenters. The predicted molar refractivity (Wildman–Crippen MR) is 356 cm³/mol. The zero-order valence-corrected chi connectivity index (χ0v) is 55.3. The molecule has 524 valence electrons. The fraction of sp³-hybridized carbons (Fsp3) is 0.587. The summed E-state index contributed by atoms with van der Waals surface area (Å²) in [5.74, 6) is -9.80. The molecular formula is C63H98N18O13S. The maximum atomic E-state index is 14.7. The smallest absolute Gasteiger partial charge is 0.245 e. The molecule has 2 aliphatic rings. The van der Waals surface area contributed by atoms with Crippen molar-refractivity contribution in [3.63, 3.8) is 0 Å². The highest BCUT2D eigenvalue weighted by molar-refractivity contribution is 7.98. The Morgan fingerprint density at radius 1 is 0.537 bits per heavy atom. The molecule has 0 radical (unpaired) electrons. The van der Waals surface area contributed by atoms with Gasteiger partial charge in [-0.05, 0) is 119 Å². The van der Waals surface area contributed by atoms with Crippen molar-refractivity contribution in [2.24, 2.45) is 51.0 Å². The van der Waals surface area contributed by atoms with Crippen LogP contribution in [0.1, 0.15) is 121 Å². The maximum absolute atomic E-state index is 14.7. The lowest BCUT2D eigenvalue weighted by atomic mass is 10.0. The summed E-state index contributed by atoms with van der Waals surface area (Å²) in [5, 5.41) is 21.1. The molecule has 0 saturated carbocycles. The van der Waals surface area contributed by atoms with E-state index in [9.17, 15) is 62.3 Å². The van der Waals surface area contributed by atoms with Crippen molar-refractivity contribution >= 4 is 94.5 Å². The summed E-state index contributed by atoms with van der Waals surface area (Å²) in [6.07, 6.45) is 3.12. The number of thioether (sulfide) groups is 1. The fourth-order valence-corrected chi connectivity index (χ4v) is 11.5. The second-order valence-electron chi connectivity index (χ2n) is 24.1. The number of aliphatic imine (C=N–C) groups is 1. The molecule has 0 bridgehead atoms. The first-order valence-corrected chi connectivity index (χ1v) is 33.6. The van der Waals surface area contributed by atoms with E-state index in [1.807, 2.05) is 20.1 Å². The van der Waals surface area contributed by atoms with Crippen LogP contribution in [0.5, 0.6) is 0 Å². The van der Waals surface area contributed by atoms with E-state index in [1.165, 1.54) is 21.6 Å². The number of unbranched alkanes of at least 4 members (excludes halogenated alkanes) is 1. The Bertz CT molecular complexity index is 2960. The van der Waals surface area contributed by atoms with Crippen molar-refractivity contribution in [2.75, 3.05) is 44.7 Å². The number of benzene rings is 2. The Balaban J connectivity index is 1.56. The Labute approximate surface area is 558 Å². The van der Waals surface area contributed by atoms with Crippen LogP contribution >= 0.6 is 11.8 Å². The number of likely N-dealkylation sites (tertiary alicyclic amines) is 2. The number of hydrogen-bond acceptors (Lipinski definition) is 17. The van der Waals surface area contributed by atoms with E-state index in [1.54, 1.807) is 60.7 Å². The van der Waals surface area contributed by atoms with Crippen LogP contribution in [-0.2, 0) is 75.2 Å². The molecule has 2 aromatic carbocycles. The average molecular weight is 1350 g/mol. The van der Waals surface area contributed by atoms with Gasteiger partial charge in [0.1, 0.15) is 54.4 Å². The van der Waals surface area contributed by atoms with Crippen LogP contribution in [0.15, 0.2) is 65.7 Å². The second-order valence-corrected chi connectivity index (χ2v) is 25.1. The number of carbonyl (C=O) groups is 13. The van der Waals surface area contributed by atoms with Gasteiger partial charge >= 0.3 is 0 Å². The van der Waals surface area contributed by atoms with E-state index in [2.05, 4.69) is 47.5 Å². The third-order valence-corrected chi connectivity index (χ3v) is 16.7. The van der Waals surface area contributed by atoms with E-state index in [-0.39, 0.29) is 83.0 Å². The molecular weight excluding hydrogens is 1250 g/mol. The van der Waals surface area contributed by atoms with Gasteiger partial charge in [-0.25, -0.2) is 0 Å². The molecule has 0 spiro atoms. The number of guanidine groups is 1. The lowest BCUT2D eigenvalue weighted by molar-refractivity contribution is -0.144. The van der Waals surface area contributed by atoms with Crippen molar-refractivity contribution in [3.05, 3.63) is 71.8 Å². The van der Waals surface area contributed by atoms with Gasteiger partial charge in [0, 0.05) is 45.3 Å². The minimum absolute atomic E-state index is 0.0736. The van der Waals surface area contributed by atoms with Gasteiger partial charge in [-0.3, -0.25) is 67.3 Å². The lowest BCUT2D eigenvalue weighted by Gasteiger charge is -2.32. The zero-order chi connectivity index (χ0) is 70.1. The Kier molecular flexibility index (Phi) is 33.9. The van der Waals surface area contributed by atoms with Crippen LogP contribution in [0, 0.1) is 5.92 Å². The van der Waals surface area contributed by atoms with Gasteiger partial charge < -0.3 is 92.5 Å². The second kappa shape index (κ2) is 41.0. The maximum Gasteiger partial charge on any atom is 0.245 e. The van der Waals surface area contributed by atoms with Crippen LogP contribution in [-0.4, -0.2) is 198 Å². The number of hydrogen-bond donors (Lipinski definition) is 15.